The quantitative estimate of drug-likeness (QED) is 0.299. The van der Waals surface area contributed by atoms with Crippen LogP contribution in [0.2, 0.25) is 0 Å². The van der Waals surface area contributed by atoms with Gasteiger partial charge in [-0.15, -0.1) is 6.58 Å². The number of rotatable bonds is 12. The first-order valence-electron chi connectivity index (χ1n) is 9.41. The second kappa shape index (κ2) is 12.8. The summed E-state index contributed by atoms with van der Waals surface area (Å²) in [5.74, 6) is -0.287. The summed E-state index contributed by atoms with van der Waals surface area (Å²) < 4.78 is 10.3. The number of amides is 1. The van der Waals surface area contributed by atoms with Crippen LogP contribution in [0.25, 0.3) is 0 Å². The average molecular weight is 339 g/mol. The molecule has 1 aliphatic rings. The second-order valence-electron chi connectivity index (χ2n) is 6.27. The summed E-state index contributed by atoms with van der Waals surface area (Å²) in [6.07, 6.45) is 12.3. The topological polar surface area (TPSA) is 55.8 Å². The van der Waals surface area contributed by atoms with Gasteiger partial charge in [0.1, 0.15) is 6.04 Å². The molecule has 0 spiro atoms. The highest BCUT2D eigenvalue weighted by atomic mass is 16.6. The third-order valence-electron chi connectivity index (χ3n) is 4.32. The van der Waals surface area contributed by atoms with Gasteiger partial charge in [0, 0.05) is 6.54 Å². The van der Waals surface area contributed by atoms with Crippen LogP contribution < -0.4 is 0 Å². The van der Waals surface area contributed by atoms with E-state index in [2.05, 4.69) is 6.58 Å². The largest absolute Gasteiger partial charge is 0.464 e. The molecule has 0 aromatic heterocycles. The molecule has 1 aliphatic heterocycles. The Morgan fingerprint density at radius 2 is 1.75 bits per heavy atom. The van der Waals surface area contributed by atoms with E-state index in [1.54, 1.807) is 6.92 Å². The van der Waals surface area contributed by atoms with Crippen molar-refractivity contribution in [2.45, 2.75) is 77.2 Å². The van der Waals surface area contributed by atoms with Crippen LogP contribution in [-0.2, 0) is 14.3 Å². The number of carbonyl (C=O) groups excluding carboxylic acids is 2. The first-order valence-corrected chi connectivity index (χ1v) is 9.41. The Hall–Kier alpha value is -1.52. The van der Waals surface area contributed by atoms with E-state index in [9.17, 15) is 9.59 Å². The van der Waals surface area contributed by atoms with Gasteiger partial charge in [0.25, 0.3) is 0 Å². The molecule has 0 aromatic rings. The molecule has 0 saturated carbocycles. The summed E-state index contributed by atoms with van der Waals surface area (Å²) in [6.45, 7) is 6.83. The molecule has 1 heterocycles. The van der Waals surface area contributed by atoms with E-state index in [4.69, 9.17) is 9.47 Å². The van der Waals surface area contributed by atoms with Gasteiger partial charge in [0.15, 0.2) is 0 Å². The maximum absolute atomic E-state index is 12.1. The van der Waals surface area contributed by atoms with Crippen LogP contribution in [0.3, 0.4) is 0 Å². The molecule has 1 saturated heterocycles. The van der Waals surface area contributed by atoms with Crippen molar-refractivity contribution in [3.63, 3.8) is 0 Å². The van der Waals surface area contributed by atoms with Gasteiger partial charge in [-0.05, 0) is 39.0 Å². The van der Waals surface area contributed by atoms with Crippen LogP contribution >= 0.6 is 0 Å². The van der Waals surface area contributed by atoms with Crippen molar-refractivity contribution < 1.29 is 19.1 Å². The highest BCUT2D eigenvalue weighted by Gasteiger charge is 2.35. The molecule has 0 aromatic carbocycles. The smallest absolute Gasteiger partial charge is 0.410 e. The predicted molar refractivity (Wildman–Crippen MR) is 94.8 cm³/mol. The standard InChI is InChI=1S/C19H33NO4/c1-3-5-6-7-8-9-10-11-12-16-24-18(21)17-14-13-15-20(17)19(22)23-4-2/h3,17H,1,4-16H2,2H3/t17-/m0/s1. The van der Waals surface area contributed by atoms with Crippen LogP contribution in [0.15, 0.2) is 12.7 Å². The van der Waals surface area contributed by atoms with Crippen LogP contribution in [0.1, 0.15) is 71.1 Å². The Bertz CT molecular complexity index is 384. The summed E-state index contributed by atoms with van der Waals surface area (Å²) in [5, 5.41) is 0. The number of unbranched alkanes of at least 4 members (excludes halogenated alkanes) is 7. The van der Waals surface area contributed by atoms with E-state index in [1.807, 2.05) is 6.08 Å². The number of ether oxygens (including phenoxy) is 2. The van der Waals surface area contributed by atoms with E-state index >= 15 is 0 Å². The Balaban J connectivity index is 2.07. The van der Waals surface area contributed by atoms with E-state index < -0.39 is 12.1 Å². The van der Waals surface area contributed by atoms with Gasteiger partial charge in [0.2, 0.25) is 0 Å². The number of likely N-dealkylation sites (tertiary alicyclic amines) is 1. The fraction of sp³-hybridized carbons (Fsp3) is 0.789. The first kappa shape index (κ1) is 20.5. The zero-order valence-corrected chi connectivity index (χ0v) is 15.1. The van der Waals surface area contributed by atoms with E-state index in [0.717, 1.165) is 25.7 Å². The summed E-state index contributed by atoms with van der Waals surface area (Å²) in [6, 6.07) is -0.464. The number of hydrogen-bond acceptors (Lipinski definition) is 4. The van der Waals surface area contributed by atoms with Crippen molar-refractivity contribution in [2.24, 2.45) is 0 Å². The van der Waals surface area contributed by atoms with Crippen LogP contribution in [0.5, 0.6) is 0 Å². The lowest BCUT2D eigenvalue weighted by atomic mass is 10.1. The van der Waals surface area contributed by atoms with Crippen LogP contribution in [-0.4, -0.2) is 42.8 Å². The summed E-state index contributed by atoms with van der Waals surface area (Å²) in [7, 11) is 0. The van der Waals surface area contributed by atoms with E-state index in [-0.39, 0.29) is 5.97 Å². The third kappa shape index (κ3) is 7.84. The molecule has 5 nitrogen and oxygen atoms in total. The summed E-state index contributed by atoms with van der Waals surface area (Å²) in [5.41, 5.74) is 0. The van der Waals surface area contributed by atoms with Crippen molar-refractivity contribution >= 4 is 12.1 Å². The lowest BCUT2D eigenvalue weighted by Crippen LogP contribution is -2.41. The van der Waals surface area contributed by atoms with Crippen molar-refractivity contribution in [1.29, 1.82) is 0 Å². The number of allylic oxidation sites excluding steroid dienone is 1. The predicted octanol–water partition coefficient (Wildman–Crippen LogP) is 4.46. The van der Waals surface area contributed by atoms with Gasteiger partial charge in [0.05, 0.1) is 13.2 Å². The minimum absolute atomic E-state index is 0.287. The van der Waals surface area contributed by atoms with Crippen molar-refractivity contribution in [2.75, 3.05) is 19.8 Å². The number of carbonyl (C=O) groups is 2. The molecule has 1 atom stereocenters. The maximum atomic E-state index is 12.1. The first-order chi connectivity index (χ1) is 11.7. The summed E-state index contributed by atoms with van der Waals surface area (Å²) >= 11 is 0. The normalized spacial score (nSPS) is 16.9. The van der Waals surface area contributed by atoms with Crippen molar-refractivity contribution in [3.8, 4) is 0 Å². The highest BCUT2D eigenvalue weighted by molar-refractivity contribution is 5.82. The second-order valence-corrected chi connectivity index (χ2v) is 6.27. The SMILES string of the molecule is C=CCCCCCCCCCOC(=O)[C@@H]1CCCN1C(=O)OCC. The molecule has 0 N–H and O–H groups in total. The monoisotopic (exact) mass is 339 g/mol. The molecule has 1 fully saturated rings. The van der Waals surface area contributed by atoms with Crippen LogP contribution in [0, 0.1) is 0 Å². The van der Waals surface area contributed by atoms with E-state index in [1.165, 1.54) is 37.0 Å². The van der Waals surface area contributed by atoms with Crippen molar-refractivity contribution in [1.82, 2.24) is 4.90 Å². The molecule has 138 valence electrons. The third-order valence-corrected chi connectivity index (χ3v) is 4.32. The molecular formula is C19H33NO4. The van der Waals surface area contributed by atoms with Gasteiger partial charge in [-0.1, -0.05) is 38.2 Å². The Labute approximate surface area is 146 Å². The molecule has 0 unspecified atom stereocenters. The Morgan fingerprint density at radius 1 is 1.08 bits per heavy atom. The molecular weight excluding hydrogens is 306 g/mol. The molecule has 0 aliphatic carbocycles. The Kier molecular flexibility index (Phi) is 11.0. The zero-order valence-electron chi connectivity index (χ0n) is 15.1. The molecule has 1 amide bonds. The Morgan fingerprint density at radius 3 is 2.42 bits per heavy atom. The number of hydrogen-bond donors (Lipinski definition) is 0. The molecule has 5 heteroatoms. The van der Waals surface area contributed by atoms with Gasteiger partial charge < -0.3 is 9.47 Å². The highest BCUT2D eigenvalue weighted by Crippen LogP contribution is 2.19. The van der Waals surface area contributed by atoms with Gasteiger partial charge in [-0.3, -0.25) is 4.90 Å². The average Bonchev–Trinajstić information content (AvgIpc) is 3.06. The minimum Gasteiger partial charge on any atom is -0.464 e. The fourth-order valence-electron chi connectivity index (χ4n) is 2.98. The molecule has 0 bridgehead atoms. The fourth-order valence-corrected chi connectivity index (χ4v) is 2.98. The lowest BCUT2D eigenvalue weighted by molar-refractivity contribution is -0.148. The maximum Gasteiger partial charge on any atom is 0.410 e. The van der Waals surface area contributed by atoms with E-state index in [0.29, 0.717) is 26.2 Å². The number of esters is 1. The number of nitrogens with zero attached hydrogens (tertiary/aromatic N) is 1. The van der Waals surface area contributed by atoms with Crippen LogP contribution in [0.4, 0.5) is 4.79 Å². The van der Waals surface area contributed by atoms with Gasteiger partial charge in [-0.25, -0.2) is 9.59 Å². The molecule has 1 rings (SSSR count). The minimum atomic E-state index is -0.464. The molecule has 24 heavy (non-hydrogen) atoms. The summed E-state index contributed by atoms with van der Waals surface area (Å²) in [4.78, 5) is 25.4. The van der Waals surface area contributed by atoms with Gasteiger partial charge in [-0.2, -0.15) is 0 Å². The molecule has 0 radical (unpaired) electrons. The van der Waals surface area contributed by atoms with Crippen molar-refractivity contribution in [3.05, 3.63) is 12.7 Å². The van der Waals surface area contributed by atoms with Gasteiger partial charge >= 0.3 is 12.1 Å². The zero-order chi connectivity index (χ0) is 17.6. The lowest BCUT2D eigenvalue weighted by Gasteiger charge is -2.22.